The van der Waals surface area contributed by atoms with Gasteiger partial charge in [0.2, 0.25) is 5.91 Å². The van der Waals surface area contributed by atoms with E-state index in [-0.39, 0.29) is 11.8 Å². The minimum absolute atomic E-state index is 0.115. The van der Waals surface area contributed by atoms with E-state index in [1.807, 2.05) is 72.1 Å². The Kier molecular flexibility index (Phi) is 6.34. The quantitative estimate of drug-likeness (QED) is 0.329. The van der Waals surface area contributed by atoms with Crippen molar-refractivity contribution in [2.45, 2.75) is 24.9 Å². The molecule has 3 aromatic carbocycles. The molecule has 1 aromatic heterocycles. The predicted molar refractivity (Wildman–Crippen MR) is 139 cm³/mol. The van der Waals surface area contributed by atoms with Gasteiger partial charge in [0.25, 0.3) is 5.91 Å². The Morgan fingerprint density at radius 2 is 1.74 bits per heavy atom. The molecule has 34 heavy (non-hydrogen) atoms. The molecule has 4 aromatic rings. The van der Waals surface area contributed by atoms with Gasteiger partial charge in [-0.3, -0.25) is 9.59 Å². The number of rotatable bonds is 6. The third-order valence-electron chi connectivity index (χ3n) is 6.40. The number of benzene rings is 3. The van der Waals surface area contributed by atoms with Gasteiger partial charge in [0.1, 0.15) is 5.54 Å². The van der Waals surface area contributed by atoms with E-state index in [9.17, 15) is 9.59 Å². The summed E-state index contributed by atoms with van der Waals surface area (Å²) in [5.74, 6) is -0.280. The molecule has 172 valence electrons. The molecule has 0 radical (unpaired) electrons. The number of hydrogen-bond acceptors (Lipinski definition) is 3. The zero-order valence-corrected chi connectivity index (χ0v) is 20.6. The highest BCUT2D eigenvalue weighted by molar-refractivity contribution is 7.17. The van der Waals surface area contributed by atoms with Crippen LogP contribution in [0.5, 0.6) is 0 Å². The number of thiophene rings is 1. The number of carbonyl (C=O) groups is 2. The summed E-state index contributed by atoms with van der Waals surface area (Å²) in [6.45, 7) is 0.867. The van der Waals surface area contributed by atoms with Gasteiger partial charge < -0.3 is 10.2 Å². The fourth-order valence-electron chi connectivity index (χ4n) is 4.51. The molecule has 1 aliphatic rings. The largest absolute Gasteiger partial charge is 0.350 e. The van der Waals surface area contributed by atoms with Crippen molar-refractivity contribution in [3.8, 4) is 0 Å². The summed E-state index contributed by atoms with van der Waals surface area (Å²) in [6.07, 6.45) is 1.00. The minimum Gasteiger partial charge on any atom is -0.350 e. The van der Waals surface area contributed by atoms with Gasteiger partial charge in [0, 0.05) is 45.0 Å². The van der Waals surface area contributed by atoms with E-state index < -0.39 is 5.54 Å². The molecule has 0 saturated carbocycles. The highest BCUT2D eigenvalue weighted by Gasteiger charge is 2.53. The standard InChI is InChI=1S/C27H22Cl2N2O2S/c28-20-10-8-18(9-11-20)15-27(26(33)30-16-19-4-3-5-21(29)14-19)12-13-31(27)25(32)23-17-34-24-7-2-1-6-22(23)24/h1-11,14,17H,12-13,15-16H2,(H,30,33). The maximum Gasteiger partial charge on any atom is 0.256 e. The summed E-state index contributed by atoms with van der Waals surface area (Å²) in [4.78, 5) is 29.1. The van der Waals surface area contributed by atoms with Gasteiger partial charge >= 0.3 is 0 Å². The lowest BCUT2D eigenvalue weighted by atomic mass is 9.77. The highest BCUT2D eigenvalue weighted by atomic mass is 35.5. The number of likely N-dealkylation sites (tertiary alicyclic amines) is 1. The number of nitrogens with one attached hydrogen (secondary N) is 1. The van der Waals surface area contributed by atoms with Gasteiger partial charge in [-0.15, -0.1) is 11.3 Å². The van der Waals surface area contributed by atoms with Crippen molar-refractivity contribution >= 4 is 56.4 Å². The number of carbonyl (C=O) groups excluding carboxylic acids is 2. The second-order valence-corrected chi connectivity index (χ2v) is 10.3. The van der Waals surface area contributed by atoms with Gasteiger partial charge in [-0.05, 0) is 47.9 Å². The molecule has 2 heterocycles. The summed E-state index contributed by atoms with van der Waals surface area (Å²) >= 11 is 13.7. The van der Waals surface area contributed by atoms with Crippen molar-refractivity contribution in [1.82, 2.24) is 10.2 Å². The van der Waals surface area contributed by atoms with E-state index in [2.05, 4.69) is 5.32 Å². The van der Waals surface area contributed by atoms with Crippen molar-refractivity contribution in [3.63, 3.8) is 0 Å². The van der Waals surface area contributed by atoms with Crippen molar-refractivity contribution in [2.24, 2.45) is 0 Å². The average Bonchev–Trinajstić information content (AvgIpc) is 3.26. The first-order valence-electron chi connectivity index (χ1n) is 11.0. The first kappa shape index (κ1) is 22.9. The molecule has 7 heteroatoms. The average molecular weight is 509 g/mol. The smallest absolute Gasteiger partial charge is 0.256 e. The normalized spacial score (nSPS) is 17.4. The Morgan fingerprint density at radius 1 is 0.941 bits per heavy atom. The fraction of sp³-hybridized carbons (Fsp3) is 0.185. The predicted octanol–water partition coefficient (Wildman–Crippen LogP) is 6.35. The first-order valence-corrected chi connectivity index (χ1v) is 12.7. The minimum atomic E-state index is -0.966. The Labute approximate surface area is 212 Å². The third kappa shape index (κ3) is 4.31. The number of nitrogens with zero attached hydrogens (tertiary/aromatic N) is 1. The van der Waals surface area contributed by atoms with Crippen LogP contribution < -0.4 is 5.32 Å². The van der Waals surface area contributed by atoms with Gasteiger partial charge in [0.15, 0.2) is 0 Å². The molecular formula is C27H22Cl2N2O2S. The zero-order valence-electron chi connectivity index (χ0n) is 18.3. The summed E-state index contributed by atoms with van der Waals surface area (Å²) in [5, 5.41) is 7.12. The van der Waals surface area contributed by atoms with Crippen LogP contribution in [0.3, 0.4) is 0 Å². The maximum atomic E-state index is 13.7. The summed E-state index contributed by atoms with van der Waals surface area (Å²) in [6, 6.07) is 22.7. The fourth-order valence-corrected chi connectivity index (χ4v) is 5.79. The van der Waals surface area contributed by atoms with Crippen molar-refractivity contribution in [2.75, 3.05) is 6.54 Å². The third-order valence-corrected chi connectivity index (χ3v) is 7.85. The van der Waals surface area contributed by atoms with Crippen LogP contribution in [0.1, 0.15) is 27.9 Å². The summed E-state index contributed by atoms with van der Waals surface area (Å²) in [5.41, 5.74) is 1.54. The van der Waals surface area contributed by atoms with Gasteiger partial charge in [0.05, 0.1) is 5.56 Å². The number of hydrogen-bond donors (Lipinski definition) is 1. The molecular weight excluding hydrogens is 487 g/mol. The van der Waals surface area contributed by atoms with E-state index in [1.165, 1.54) is 0 Å². The Bertz CT molecular complexity index is 1370. The van der Waals surface area contributed by atoms with Crippen LogP contribution in [0.25, 0.3) is 10.1 Å². The lowest BCUT2D eigenvalue weighted by molar-refractivity contribution is -0.139. The molecule has 0 bridgehead atoms. The van der Waals surface area contributed by atoms with Crippen LogP contribution in [0.4, 0.5) is 0 Å². The van der Waals surface area contributed by atoms with Crippen LogP contribution in [-0.4, -0.2) is 28.8 Å². The lowest BCUT2D eigenvalue weighted by Gasteiger charge is -2.51. The van der Waals surface area contributed by atoms with Crippen LogP contribution in [0, 0.1) is 0 Å². The summed E-state index contributed by atoms with van der Waals surface area (Å²) in [7, 11) is 0. The highest BCUT2D eigenvalue weighted by Crippen LogP contribution is 2.38. The number of amides is 2. The Morgan fingerprint density at radius 3 is 2.47 bits per heavy atom. The second-order valence-electron chi connectivity index (χ2n) is 8.50. The van der Waals surface area contributed by atoms with E-state index in [0.717, 1.165) is 21.2 Å². The van der Waals surface area contributed by atoms with Crippen LogP contribution >= 0.6 is 34.5 Å². The van der Waals surface area contributed by atoms with Crippen LogP contribution in [-0.2, 0) is 17.8 Å². The molecule has 5 rings (SSSR count). The Balaban J connectivity index is 1.45. The maximum absolute atomic E-state index is 13.7. The molecule has 1 atom stereocenters. The molecule has 4 nitrogen and oxygen atoms in total. The molecule has 1 N–H and O–H groups in total. The Hall–Kier alpha value is -2.86. The van der Waals surface area contributed by atoms with Crippen LogP contribution in [0.15, 0.2) is 78.2 Å². The van der Waals surface area contributed by atoms with Gasteiger partial charge in [-0.25, -0.2) is 0 Å². The monoisotopic (exact) mass is 508 g/mol. The van der Waals surface area contributed by atoms with Crippen molar-refractivity contribution < 1.29 is 9.59 Å². The summed E-state index contributed by atoms with van der Waals surface area (Å²) < 4.78 is 1.06. The molecule has 1 saturated heterocycles. The molecule has 2 amide bonds. The first-order chi connectivity index (χ1) is 16.5. The molecule has 1 aliphatic heterocycles. The zero-order chi connectivity index (χ0) is 23.7. The second kappa shape index (κ2) is 9.41. The molecule has 0 aliphatic carbocycles. The van der Waals surface area contributed by atoms with Crippen molar-refractivity contribution in [1.29, 1.82) is 0 Å². The lowest BCUT2D eigenvalue weighted by Crippen LogP contribution is -2.70. The van der Waals surface area contributed by atoms with E-state index in [4.69, 9.17) is 23.2 Å². The van der Waals surface area contributed by atoms with E-state index in [1.54, 1.807) is 22.3 Å². The van der Waals surface area contributed by atoms with E-state index >= 15 is 0 Å². The van der Waals surface area contributed by atoms with Crippen LogP contribution in [0.2, 0.25) is 10.0 Å². The number of halogens is 2. The van der Waals surface area contributed by atoms with Crippen molar-refractivity contribution in [3.05, 3.63) is 105 Å². The van der Waals surface area contributed by atoms with Gasteiger partial charge in [-0.1, -0.05) is 65.7 Å². The molecule has 0 spiro atoms. The van der Waals surface area contributed by atoms with E-state index in [0.29, 0.717) is 41.5 Å². The topological polar surface area (TPSA) is 49.4 Å². The van der Waals surface area contributed by atoms with Gasteiger partial charge in [-0.2, -0.15) is 0 Å². The number of fused-ring (bicyclic) bond motifs is 1. The molecule has 1 unspecified atom stereocenters. The molecule has 1 fully saturated rings. The SMILES string of the molecule is O=C(c1csc2ccccc12)N1CCC1(Cc1ccc(Cl)cc1)C(=O)NCc1cccc(Cl)c1.